The predicted molar refractivity (Wildman–Crippen MR) is 58.7 cm³/mol. The van der Waals surface area contributed by atoms with Crippen molar-refractivity contribution in [2.24, 2.45) is 12.9 Å². The molecule has 0 saturated carbocycles. The number of nitrogens with zero attached hydrogens (tertiary/aromatic N) is 2. The Bertz CT molecular complexity index is 567. The fourth-order valence-electron chi connectivity index (χ4n) is 1.72. The highest BCUT2D eigenvalue weighted by atomic mass is 19.2. The number of hydrogen-bond acceptors (Lipinski definition) is 3. The van der Waals surface area contributed by atoms with Crippen LogP contribution in [0, 0.1) is 17.5 Å². The molecule has 0 fully saturated rings. The Labute approximate surface area is 101 Å². The molecule has 1 atom stereocenters. The molecule has 96 valence electrons. The Hall–Kier alpha value is -1.86. The molecule has 0 aliphatic rings. The molecule has 4 nitrogen and oxygen atoms in total. The molecule has 0 aliphatic heterocycles. The topological polar surface area (TPSA) is 55.9 Å². The molecular formula is C11H11F3N4. The van der Waals surface area contributed by atoms with Gasteiger partial charge < -0.3 is 4.57 Å². The molecule has 3 N–H and O–H groups in total. The Balaban J connectivity index is 2.53. The third-order valence-corrected chi connectivity index (χ3v) is 2.66. The molecule has 2 aromatic rings. The SMILES string of the molecule is Cn1ccnc1C(NN)c1ccc(F)c(F)c1F. The van der Waals surface area contributed by atoms with Crippen LogP contribution >= 0.6 is 0 Å². The van der Waals surface area contributed by atoms with Gasteiger partial charge in [-0.15, -0.1) is 0 Å². The number of imidazole rings is 1. The van der Waals surface area contributed by atoms with E-state index in [4.69, 9.17) is 5.84 Å². The molecule has 0 radical (unpaired) electrons. The number of benzene rings is 1. The second-order valence-corrected chi connectivity index (χ2v) is 3.76. The van der Waals surface area contributed by atoms with Gasteiger partial charge in [-0.25, -0.2) is 23.6 Å². The maximum Gasteiger partial charge on any atom is 0.194 e. The van der Waals surface area contributed by atoms with E-state index < -0.39 is 23.5 Å². The van der Waals surface area contributed by atoms with Gasteiger partial charge in [0.2, 0.25) is 0 Å². The van der Waals surface area contributed by atoms with Crippen LogP contribution in [0.15, 0.2) is 24.5 Å². The molecule has 0 spiro atoms. The summed E-state index contributed by atoms with van der Waals surface area (Å²) in [6.45, 7) is 0. The van der Waals surface area contributed by atoms with Gasteiger partial charge >= 0.3 is 0 Å². The van der Waals surface area contributed by atoms with E-state index in [2.05, 4.69) is 10.4 Å². The molecule has 0 bridgehead atoms. The van der Waals surface area contributed by atoms with Gasteiger partial charge in [-0.3, -0.25) is 5.84 Å². The first-order chi connectivity index (χ1) is 8.56. The first kappa shape index (κ1) is 12.6. The second-order valence-electron chi connectivity index (χ2n) is 3.76. The molecule has 0 aliphatic carbocycles. The lowest BCUT2D eigenvalue weighted by Crippen LogP contribution is -2.31. The molecule has 1 aromatic carbocycles. The van der Waals surface area contributed by atoms with Crippen LogP contribution in [-0.2, 0) is 7.05 Å². The average molecular weight is 256 g/mol. The molecule has 0 amide bonds. The smallest absolute Gasteiger partial charge is 0.194 e. The van der Waals surface area contributed by atoms with Gasteiger partial charge in [0.15, 0.2) is 17.5 Å². The van der Waals surface area contributed by atoms with Crippen molar-refractivity contribution in [3.8, 4) is 0 Å². The Morgan fingerprint density at radius 3 is 2.56 bits per heavy atom. The standard InChI is InChI=1S/C11H11F3N4/c1-18-5-4-16-11(18)10(17-15)6-2-3-7(12)9(14)8(6)13/h2-5,10,17H,15H2,1H3. The minimum Gasteiger partial charge on any atom is -0.336 e. The Kier molecular flexibility index (Phi) is 3.35. The van der Waals surface area contributed by atoms with E-state index >= 15 is 0 Å². The summed E-state index contributed by atoms with van der Waals surface area (Å²) in [6, 6.07) is 1.12. The van der Waals surface area contributed by atoms with Crippen LogP contribution in [0.5, 0.6) is 0 Å². The van der Waals surface area contributed by atoms with Gasteiger partial charge in [0.1, 0.15) is 11.9 Å². The number of hydrogen-bond donors (Lipinski definition) is 2. The zero-order valence-electron chi connectivity index (χ0n) is 9.49. The number of aromatic nitrogens is 2. The lowest BCUT2D eigenvalue weighted by molar-refractivity contribution is 0.430. The second kappa shape index (κ2) is 4.79. The van der Waals surface area contributed by atoms with Gasteiger partial charge in [-0.1, -0.05) is 6.07 Å². The molecule has 18 heavy (non-hydrogen) atoms. The number of hydrazine groups is 1. The summed E-state index contributed by atoms with van der Waals surface area (Å²) in [5, 5.41) is 0. The van der Waals surface area contributed by atoms with Crippen LogP contribution < -0.4 is 11.3 Å². The molecule has 1 unspecified atom stereocenters. The molecule has 1 aromatic heterocycles. The zero-order valence-corrected chi connectivity index (χ0v) is 9.49. The summed E-state index contributed by atoms with van der Waals surface area (Å²) in [6.07, 6.45) is 3.13. The summed E-state index contributed by atoms with van der Waals surface area (Å²) in [5.74, 6) is 1.68. The van der Waals surface area contributed by atoms with Gasteiger partial charge in [0, 0.05) is 25.0 Å². The van der Waals surface area contributed by atoms with E-state index in [9.17, 15) is 13.2 Å². The Morgan fingerprint density at radius 1 is 1.28 bits per heavy atom. The molecule has 7 heteroatoms. The van der Waals surface area contributed by atoms with Gasteiger partial charge in [-0.05, 0) is 6.07 Å². The molecule has 1 heterocycles. The highest BCUT2D eigenvalue weighted by molar-refractivity contribution is 5.28. The normalized spacial score (nSPS) is 12.7. The van der Waals surface area contributed by atoms with E-state index in [1.54, 1.807) is 17.8 Å². The largest absolute Gasteiger partial charge is 0.336 e. The van der Waals surface area contributed by atoms with Crippen molar-refractivity contribution in [2.45, 2.75) is 6.04 Å². The van der Waals surface area contributed by atoms with Crippen molar-refractivity contribution < 1.29 is 13.2 Å². The van der Waals surface area contributed by atoms with Crippen LogP contribution in [0.25, 0.3) is 0 Å². The maximum absolute atomic E-state index is 13.7. The van der Waals surface area contributed by atoms with Crippen molar-refractivity contribution in [3.05, 3.63) is 53.4 Å². The highest BCUT2D eigenvalue weighted by Crippen LogP contribution is 2.25. The van der Waals surface area contributed by atoms with Crippen molar-refractivity contribution in [3.63, 3.8) is 0 Å². The van der Waals surface area contributed by atoms with E-state index in [-0.39, 0.29) is 5.56 Å². The fourth-order valence-corrected chi connectivity index (χ4v) is 1.72. The predicted octanol–water partition coefficient (Wildman–Crippen LogP) is 1.39. The lowest BCUT2D eigenvalue weighted by Gasteiger charge is -2.17. The Morgan fingerprint density at radius 2 is 2.00 bits per heavy atom. The minimum absolute atomic E-state index is 0.106. The van der Waals surface area contributed by atoms with Crippen molar-refractivity contribution in [1.82, 2.24) is 15.0 Å². The summed E-state index contributed by atoms with van der Waals surface area (Å²) >= 11 is 0. The first-order valence-corrected chi connectivity index (χ1v) is 5.13. The minimum atomic E-state index is -1.53. The van der Waals surface area contributed by atoms with E-state index in [0.29, 0.717) is 5.82 Å². The van der Waals surface area contributed by atoms with Crippen LogP contribution in [0.4, 0.5) is 13.2 Å². The number of halogens is 3. The summed E-state index contributed by atoms with van der Waals surface area (Å²) in [7, 11) is 1.68. The number of nitrogens with two attached hydrogens (primary N) is 1. The van der Waals surface area contributed by atoms with Gasteiger partial charge in [-0.2, -0.15) is 0 Å². The van der Waals surface area contributed by atoms with Crippen molar-refractivity contribution in [2.75, 3.05) is 0 Å². The molecule has 0 saturated heterocycles. The van der Waals surface area contributed by atoms with Crippen LogP contribution in [0.1, 0.15) is 17.4 Å². The highest BCUT2D eigenvalue weighted by Gasteiger charge is 2.23. The van der Waals surface area contributed by atoms with Crippen molar-refractivity contribution in [1.29, 1.82) is 0 Å². The van der Waals surface area contributed by atoms with E-state index in [1.807, 2.05) is 0 Å². The zero-order chi connectivity index (χ0) is 13.3. The summed E-state index contributed by atoms with van der Waals surface area (Å²) in [5.41, 5.74) is 2.23. The fraction of sp³-hybridized carbons (Fsp3) is 0.182. The number of rotatable bonds is 3. The summed E-state index contributed by atoms with van der Waals surface area (Å²) < 4.78 is 41.3. The third kappa shape index (κ3) is 1.98. The maximum atomic E-state index is 13.7. The molecule has 2 rings (SSSR count). The number of aryl methyl sites for hydroxylation is 1. The van der Waals surface area contributed by atoms with E-state index in [0.717, 1.165) is 12.1 Å². The molecular weight excluding hydrogens is 245 g/mol. The van der Waals surface area contributed by atoms with E-state index in [1.165, 1.54) is 6.20 Å². The lowest BCUT2D eigenvalue weighted by atomic mass is 10.1. The first-order valence-electron chi connectivity index (χ1n) is 5.13. The third-order valence-electron chi connectivity index (χ3n) is 2.66. The number of nitrogens with one attached hydrogen (secondary N) is 1. The van der Waals surface area contributed by atoms with Gasteiger partial charge in [0.05, 0.1) is 0 Å². The van der Waals surface area contributed by atoms with Crippen LogP contribution in [0.3, 0.4) is 0 Å². The average Bonchev–Trinajstić information content (AvgIpc) is 2.77. The summed E-state index contributed by atoms with van der Waals surface area (Å²) in [4.78, 5) is 3.99. The van der Waals surface area contributed by atoms with Crippen molar-refractivity contribution >= 4 is 0 Å². The van der Waals surface area contributed by atoms with Crippen LogP contribution in [-0.4, -0.2) is 9.55 Å². The monoisotopic (exact) mass is 256 g/mol. The quantitative estimate of drug-likeness (QED) is 0.495. The van der Waals surface area contributed by atoms with Gasteiger partial charge in [0.25, 0.3) is 0 Å². The van der Waals surface area contributed by atoms with Crippen LogP contribution in [0.2, 0.25) is 0 Å².